The molecule has 0 fully saturated rings. The Morgan fingerprint density at radius 3 is 2.32 bits per heavy atom. The van der Waals surface area contributed by atoms with Gasteiger partial charge in [0.15, 0.2) is 0 Å². The molecule has 2 rings (SSSR count). The van der Waals surface area contributed by atoms with Gasteiger partial charge in [0, 0.05) is 0 Å². The Bertz CT molecular complexity index is 744. The van der Waals surface area contributed by atoms with Gasteiger partial charge in [0.25, 0.3) is 0 Å². The lowest BCUT2D eigenvalue weighted by Crippen LogP contribution is -1.95. The van der Waals surface area contributed by atoms with Crippen LogP contribution >= 0.6 is 0 Å². The normalized spacial score (nSPS) is 11.5. The number of allylic oxidation sites excluding steroid dienone is 5. The number of fused-ring (bicyclic) bond motifs is 1. The zero-order chi connectivity index (χ0) is 13.8. The molecular weight excluding hydrogens is 236 g/mol. The van der Waals surface area contributed by atoms with E-state index in [1.807, 2.05) is 30.1 Å². The smallest absolute Gasteiger partial charge is 0.135 e. The largest absolute Gasteiger partial charge is 0.339 e. The summed E-state index contributed by atoms with van der Waals surface area (Å²) in [6.07, 6.45) is 3.98. The van der Waals surface area contributed by atoms with Crippen molar-refractivity contribution in [1.82, 2.24) is 0 Å². The summed E-state index contributed by atoms with van der Waals surface area (Å²) >= 11 is 0. The van der Waals surface area contributed by atoms with Gasteiger partial charge in [0.1, 0.15) is 17.7 Å². The maximum Gasteiger partial charge on any atom is 0.135 e. The molecule has 0 heterocycles. The van der Waals surface area contributed by atoms with E-state index in [2.05, 4.69) is 6.08 Å². The van der Waals surface area contributed by atoms with Crippen molar-refractivity contribution in [2.45, 2.75) is 0 Å². The predicted octanol–water partition coefficient (Wildman–Crippen LogP) is 2.51. The van der Waals surface area contributed by atoms with Gasteiger partial charge in [-0.05, 0) is 11.1 Å². The first-order valence-corrected chi connectivity index (χ1v) is 5.35. The molecular formula is C15H7N4-. The molecule has 1 aromatic rings. The fourth-order valence-electron chi connectivity index (χ4n) is 1.94. The second-order valence-corrected chi connectivity index (χ2v) is 3.74. The van der Waals surface area contributed by atoms with E-state index >= 15 is 0 Å². The number of hydrogen-bond donors (Lipinski definition) is 2. The Kier molecular flexibility index (Phi) is 3.21. The van der Waals surface area contributed by atoms with Crippen molar-refractivity contribution in [2.24, 2.45) is 0 Å². The maximum absolute atomic E-state index is 8.97. The number of rotatable bonds is 2. The molecule has 0 spiro atoms. The number of nitrogens with one attached hydrogen (secondary N) is 2. The molecule has 0 aliphatic heterocycles. The lowest BCUT2D eigenvalue weighted by molar-refractivity contribution is 1.46. The lowest BCUT2D eigenvalue weighted by Gasteiger charge is -2.12. The number of hydrogen-bond acceptors (Lipinski definition) is 4. The zero-order valence-electron chi connectivity index (χ0n) is 9.78. The van der Waals surface area contributed by atoms with Crippen LogP contribution in [0.5, 0.6) is 0 Å². The Morgan fingerprint density at radius 1 is 1.11 bits per heavy atom. The van der Waals surface area contributed by atoms with Gasteiger partial charge in [0.2, 0.25) is 0 Å². The highest BCUT2D eigenvalue weighted by atomic mass is 14.4. The molecule has 0 atom stereocenters. The van der Waals surface area contributed by atoms with Gasteiger partial charge >= 0.3 is 0 Å². The fraction of sp³-hybridized carbons (Fsp3) is 0. The molecule has 0 radical (unpaired) electrons. The van der Waals surface area contributed by atoms with Crippen molar-refractivity contribution in [3.05, 3.63) is 53.1 Å². The molecule has 0 saturated heterocycles. The van der Waals surface area contributed by atoms with E-state index in [-0.39, 0.29) is 11.3 Å². The van der Waals surface area contributed by atoms with Crippen molar-refractivity contribution in [1.29, 1.82) is 21.3 Å². The van der Waals surface area contributed by atoms with Gasteiger partial charge in [-0.25, -0.2) is 0 Å². The monoisotopic (exact) mass is 243 g/mol. The average molecular weight is 243 g/mol. The highest BCUT2D eigenvalue weighted by Gasteiger charge is 2.16. The van der Waals surface area contributed by atoms with Crippen LogP contribution in [0.25, 0.3) is 11.1 Å². The molecule has 1 aliphatic carbocycles. The second-order valence-electron chi connectivity index (χ2n) is 3.74. The van der Waals surface area contributed by atoms with Crippen LogP contribution < -0.4 is 0 Å². The Morgan fingerprint density at radius 2 is 1.74 bits per heavy atom. The molecule has 0 unspecified atom stereocenters. The Hall–Kier alpha value is -3.20. The SMILES string of the molecule is N#CC(C#N)=C1C=C(C(=N)[C-]=C=N)c2ccccc21. The van der Waals surface area contributed by atoms with Crippen LogP contribution in [-0.2, 0) is 0 Å². The Balaban J connectivity index is 2.74. The van der Waals surface area contributed by atoms with E-state index in [9.17, 15) is 0 Å². The number of benzene rings is 1. The lowest BCUT2D eigenvalue weighted by atomic mass is 10.00. The summed E-state index contributed by atoms with van der Waals surface area (Å²) in [5, 5.41) is 32.6. The summed E-state index contributed by atoms with van der Waals surface area (Å²) in [6, 6.07) is 10.9. The zero-order valence-corrected chi connectivity index (χ0v) is 9.78. The van der Waals surface area contributed by atoms with Crippen LogP contribution in [0.3, 0.4) is 0 Å². The van der Waals surface area contributed by atoms with Crippen LogP contribution in [0, 0.1) is 39.6 Å². The minimum absolute atomic E-state index is 0.00711. The molecule has 1 aliphatic rings. The third-order valence-corrected chi connectivity index (χ3v) is 2.75. The minimum Gasteiger partial charge on any atom is -0.339 e. The van der Waals surface area contributed by atoms with Gasteiger partial charge < -0.3 is 5.41 Å². The molecule has 0 bridgehead atoms. The third-order valence-electron chi connectivity index (χ3n) is 2.75. The van der Waals surface area contributed by atoms with E-state index in [0.717, 1.165) is 11.1 Å². The van der Waals surface area contributed by atoms with Gasteiger partial charge in [-0.2, -0.15) is 16.6 Å². The first-order valence-electron chi connectivity index (χ1n) is 5.35. The maximum atomic E-state index is 8.97. The highest BCUT2D eigenvalue weighted by molar-refractivity contribution is 6.31. The molecule has 4 heteroatoms. The minimum atomic E-state index is 0.00711. The van der Waals surface area contributed by atoms with Crippen LogP contribution in [0.2, 0.25) is 0 Å². The van der Waals surface area contributed by atoms with Gasteiger partial charge in [-0.15, -0.1) is 17.5 Å². The number of nitrogens with zero attached hydrogens (tertiary/aromatic N) is 2. The first kappa shape index (κ1) is 12.3. The molecule has 0 saturated carbocycles. The van der Waals surface area contributed by atoms with Crippen molar-refractivity contribution in [3.8, 4) is 12.1 Å². The van der Waals surface area contributed by atoms with Crippen molar-refractivity contribution in [2.75, 3.05) is 0 Å². The highest BCUT2D eigenvalue weighted by Crippen LogP contribution is 2.37. The van der Waals surface area contributed by atoms with E-state index < -0.39 is 0 Å². The standard InChI is InChI=1S/C15H7N4/c16-6-5-15(19)14-7-13(10(8-17)9-18)11-3-1-2-4-12(11)14/h1-4,7,16,19H/q-1. The van der Waals surface area contributed by atoms with Gasteiger partial charge in [0.05, 0.1) is 0 Å². The van der Waals surface area contributed by atoms with Crippen molar-refractivity contribution in [3.63, 3.8) is 0 Å². The van der Waals surface area contributed by atoms with Crippen LogP contribution in [-0.4, -0.2) is 11.6 Å². The Labute approximate surface area is 110 Å². The predicted molar refractivity (Wildman–Crippen MR) is 71.3 cm³/mol. The van der Waals surface area contributed by atoms with Gasteiger partial charge in [-0.3, -0.25) is 5.41 Å². The molecule has 0 aromatic heterocycles. The van der Waals surface area contributed by atoms with E-state index in [1.165, 1.54) is 0 Å². The molecule has 4 nitrogen and oxygen atoms in total. The summed E-state index contributed by atoms with van der Waals surface area (Å²) in [6.45, 7) is 0. The summed E-state index contributed by atoms with van der Waals surface area (Å²) in [5.41, 5.74) is 2.56. The summed E-state index contributed by atoms with van der Waals surface area (Å²) in [7, 11) is 0. The summed E-state index contributed by atoms with van der Waals surface area (Å²) in [5.74, 6) is 1.94. The summed E-state index contributed by atoms with van der Waals surface area (Å²) < 4.78 is 0. The van der Waals surface area contributed by atoms with Crippen LogP contribution in [0.4, 0.5) is 0 Å². The fourth-order valence-corrected chi connectivity index (χ4v) is 1.94. The van der Waals surface area contributed by atoms with E-state index in [0.29, 0.717) is 11.1 Å². The van der Waals surface area contributed by atoms with Gasteiger partial charge in [-0.1, -0.05) is 35.5 Å². The van der Waals surface area contributed by atoms with Crippen molar-refractivity contribution < 1.29 is 0 Å². The van der Waals surface area contributed by atoms with Crippen LogP contribution in [0.1, 0.15) is 11.1 Å². The molecule has 19 heavy (non-hydrogen) atoms. The summed E-state index contributed by atoms with van der Waals surface area (Å²) in [4.78, 5) is 0. The van der Waals surface area contributed by atoms with Crippen LogP contribution in [0.15, 0.2) is 35.9 Å². The topological polar surface area (TPSA) is 95.3 Å². The molecule has 0 amide bonds. The van der Waals surface area contributed by atoms with Crippen molar-refractivity contribution >= 4 is 22.7 Å². The third kappa shape index (κ3) is 2.00. The second kappa shape index (κ2) is 4.98. The first-order chi connectivity index (χ1) is 9.22. The quantitative estimate of drug-likeness (QED) is 0.474. The molecule has 2 N–H and O–H groups in total. The molecule has 1 aromatic carbocycles. The number of nitriles is 2. The van der Waals surface area contributed by atoms with E-state index in [1.54, 1.807) is 18.2 Å². The average Bonchev–Trinajstić information content (AvgIpc) is 2.81. The molecule has 88 valence electrons. The van der Waals surface area contributed by atoms with E-state index in [4.69, 9.17) is 21.3 Å².